The number of sulfone groups is 1. The van der Waals surface area contributed by atoms with Crippen LogP contribution in [0.25, 0.3) is 0 Å². The maximum absolute atomic E-state index is 12.6. The number of nitrogens with zero attached hydrogens (tertiary/aromatic N) is 2. The molecular weight excluding hydrogens is 344 g/mol. The summed E-state index contributed by atoms with van der Waals surface area (Å²) in [6.07, 6.45) is 0.371. The van der Waals surface area contributed by atoms with Crippen molar-refractivity contribution < 1.29 is 18.1 Å². The molecule has 0 aromatic heterocycles. The molecule has 0 bridgehead atoms. The minimum Gasteiger partial charge on any atom is -0.337 e. The summed E-state index contributed by atoms with van der Waals surface area (Å²) in [5.74, 6) is -0.319. The van der Waals surface area contributed by atoms with Gasteiger partial charge in [-0.2, -0.15) is 0 Å². The Morgan fingerprint density at radius 2 is 1.72 bits per heavy atom. The van der Waals surface area contributed by atoms with Crippen LogP contribution in [-0.2, 0) is 9.84 Å². The highest BCUT2D eigenvalue weighted by Gasteiger charge is 2.36. The van der Waals surface area contributed by atoms with Gasteiger partial charge in [0.1, 0.15) is 0 Å². The molecule has 0 radical (unpaired) electrons. The Hall–Kier alpha value is -2.74. The Balaban J connectivity index is 1.74. The summed E-state index contributed by atoms with van der Waals surface area (Å²) in [6.45, 7) is 0.458. The van der Waals surface area contributed by atoms with Crippen molar-refractivity contribution in [2.75, 3.05) is 13.1 Å². The SMILES string of the molecule is O=C(c1ccc([N+](=O)[O-])cc1)N1CCC(S(=O)(=O)c2ccccc2)C1. The minimum atomic E-state index is -3.49. The van der Waals surface area contributed by atoms with Crippen LogP contribution in [0, 0.1) is 10.1 Å². The molecule has 1 fully saturated rings. The monoisotopic (exact) mass is 360 g/mol. The maximum Gasteiger partial charge on any atom is 0.269 e. The molecule has 7 nitrogen and oxygen atoms in total. The summed E-state index contributed by atoms with van der Waals surface area (Å²) in [5.41, 5.74) is 0.214. The quantitative estimate of drug-likeness (QED) is 0.615. The smallest absolute Gasteiger partial charge is 0.269 e. The predicted molar refractivity (Wildman–Crippen MR) is 91.0 cm³/mol. The fourth-order valence-corrected chi connectivity index (χ4v) is 4.59. The number of amides is 1. The number of benzene rings is 2. The standard InChI is InChI=1S/C17H16N2O5S/c20-17(13-6-8-14(9-7-13)19(21)22)18-11-10-16(12-18)25(23,24)15-4-2-1-3-5-15/h1-9,16H,10-12H2. The molecular formula is C17H16N2O5S. The lowest BCUT2D eigenvalue weighted by atomic mass is 10.2. The fourth-order valence-electron chi connectivity index (χ4n) is 2.88. The van der Waals surface area contributed by atoms with Gasteiger partial charge in [-0.05, 0) is 30.7 Å². The van der Waals surface area contributed by atoms with Gasteiger partial charge < -0.3 is 4.90 Å². The number of nitro benzene ring substituents is 1. The van der Waals surface area contributed by atoms with E-state index in [0.717, 1.165) is 0 Å². The molecule has 0 N–H and O–H groups in total. The van der Waals surface area contributed by atoms with Crippen molar-refractivity contribution in [3.05, 3.63) is 70.3 Å². The van der Waals surface area contributed by atoms with Gasteiger partial charge in [0.05, 0.1) is 15.1 Å². The summed E-state index contributed by atoms with van der Waals surface area (Å²) in [7, 11) is -3.49. The van der Waals surface area contributed by atoms with Gasteiger partial charge in [0.2, 0.25) is 0 Å². The first-order chi connectivity index (χ1) is 11.9. The second kappa shape index (κ2) is 6.64. The van der Waals surface area contributed by atoms with Crippen LogP contribution in [0.15, 0.2) is 59.5 Å². The van der Waals surface area contributed by atoms with Gasteiger partial charge in [-0.1, -0.05) is 18.2 Å². The van der Waals surface area contributed by atoms with Gasteiger partial charge in [0, 0.05) is 30.8 Å². The molecule has 1 atom stereocenters. The third-order valence-corrected chi connectivity index (χ3v) is 6.46. The van der Waals surface area contributed by atoms with Gasteiger partial charge in [0.15, 0.2) is 9.84 Å². The van der Waals surface area contributed by atoms with E-state index in [0.29, 0.717) is 18.5 Å². The number of hydrogen-bond acceptors (Lipinski definition) is 5. The van der Waals surface area contributed by atoms with E-state index in [1.165, 1.54) is 29.2 Å². The third-order valence-electron chi connectivity index (χ3n) is 4.27. The molecule has 0 aliphatic carbocycles. The van der Waals surface area contributed by atoms with E-state index in [9.17, 15) is 23.3 Å². The molecule has 0 saturated carbocycles. The highest BCUT2D eigenvalue weighted by molar-refractivity contribution is 7.92. The van der Waals surface area contributed by atoms with Gasteiger partial charge in [-0.3, -0.25) is 14.9 Å². The van der Waals surface area contributed by atoms with Crippen LogP contribution in [-0.4, -0.2) is 42.5 Å². The van der Waals surface area contributed by atoms with Crippen LogP contribution in [0.4, 0.5) is 5.69 Å². The molecule has 25 heavy (non-hydrogen) atoms. The Morgan fingerprint density at radius 1 is 1.08 bits per heavy atom. The summed E-state index contributed by atoms with van der Waals surface area (Å²) >= 11 is 0. The first-order valence-corrected chi connectivity index (χ1v) is 9.27. The lowest BCUT2D eigenvalue weighted by Crippen LogP contribution is -2.31. The number of hydrogen-bond donors (Lipinski definition) is 0. The van der Waals surface area contributed by atoms with Crippen molar-refractivity contribution in [3.8, 4) is 0 Å². The molecule has 1 unspecified atom stereocenters. The van der Waals surface area contributed by atoms with Gasteiger partial charge in [-0.15, -0.1) is 0 Å². The lowest BCUT2D eigenvalue weighted by Gasteiger charge is -2.17. The second-order valence-electron chi connectivity index (χ2n) is 5.82. The van der Waals surface area contributed by atoms with E-state index in [2.05, 4.69) is 0 Å². The zero-order valence-electron chi connectivity index (χ0n) is 13.2. The average molecular weight is 360 g/mol. The van der Waals surface area contributed by atoms with Crippen LogP contribution in [0.1, 0.15) is 16.8 Å². The number of rotatable bonds is 4. The van der Waals surface area contributed by atoms with E-state index in [-0.39, 0.29) is 23.0 Å². The Morgan fingerprint density at radius 3 is 2.32 bits per heavy atom. The normalized spacial score (nSPS) is 17.4. The van der Waals surface area contributed by atoms with Crippen LogP contribution in [0.2, 0.25) is 0 Å². The number of non-ortho nitro benzene ring substituents is 1. The molecule has 0 spiro atoms. The van der Waals surface area contributed by atoms with Crippen molar-refractivity contribution in [1.29, 1.82) is 0 Å². The summed E-state index contributed by atoms with van der Waals surface area (Å²) in [6, 6.07) is 13.5. The minimum absolute atomic E-state index is 0.0949. The van der Waals surface area contributed by atoms with Crippen LogP contribution in [0.3, 0.4) is 0 Å². The van der Waals surface area contributed by atoms with Crippen molar-refractivity contribution >= 4 is 21.4 Å². The Labute approximate surface area is 145 Å². The zero-order chi connectivity index (χ0) is 18.0. The molecule has 8 heteroatoms. The number of nitro groups is 1. The van der Waals surface area contributed by atoms with Gasteiger partial charge in [0.25, 0.3) is 11.6 Å². The van der Waals surface area contributed by atoms with Crippen molar-refractivity contribution in [2.24, 2.45) is 0 Å². The van der Waals surface area contributed by atoms with Crippen molar-refractivity contribution in [2.45, 2.75) is 16.6 Å². The predicted octanol–water partition coefficient (Wildman–Crippen LogP) is 2.28. The highest BCUT2D eigenvalue weighted by Crippen LogP contribution is 2.25. The summed E-state index contributed by atoms with van der Waals surface area (Å²) in [5, 5.41) is 10.0. The first kappa shape index (κ1) is 17.1. The third kappa shape index (κ3) is 3.39. The maximum atomic E-state index is 12.6. The molecule has 3 rings (SSSR count). The van der Waals surface area contributed by atoms with E-state index < -0.39 is 20.0 Å². The molecule has 2 aromatic carbocycles. The number of carbonyl (C=O) groups is 1. The summed E-state index contributed by atoms with van der Waals surface area (Å²) < 4.78 is 25.3. The van der Waals surface area contributed by atoms with Crippen molar-refractivity contribution in [3.63, 3.8) is 0 Å². The molecule has 130 valence electrons. The Bertz CT molecular complexity index is 894. The van der Waals surface area contributed by atoms with Crippen LogP contribution in [0.5, 0.6) is 0 Å². The highest BCUT2D eigenvalue weighted by atomic mass is 32.2. The molecule has 2 aromatic rings. The molecule has 1 aliphatic rings. The average Bonchev–Trinajstić information content (AvgIpc) is 3.13. The largest absolute Gasteiger partial charge is 0.337 e. The molecule has 1 heterocycles. The van der Waals surface area contributed by atoms with Crippen LogP contribution >= 0.6 is 0 Å². The van der Waals surface area contributed by atoms with E-state index in [1.54, 1.807) is 30.3 Å². The van der Waals surface area contributed by atoms with E-state index in [1.807, 2.05) is 0 Å². The van der Waals surface area contributed by atoms with Crippen molar-refractivity contribution in [1.82, 2.24) is 4.90 Å². The topological polar surface area (TPSA) is 97.6 Å². The van der Waals surface area contributed by atoms with Crippen LogP contribution < -0.4 is 0 Å². The number of likely N-dealkylation sites (tertiary alicyclic amines) is 1. The lowest BCUT2D eigenvalue weighted by molar-refractivity contribution is -0.384. The second-order valence-corrected chi connectivity index (χ2v) is 8.05. The summed E-state index contributed by atoms with van der Waals surface area (Å²) in [4.78, 5) is 24.4. The van der Waals surface area contributed by atoms with Gasteiger partial charge >= 0.3 is 0 Å². The van der Waals surface area contributed by atoms with Gasteiger partial charge in [-0.25, -0.2) is 8.42 Å². The van der Waals surface area contributed by atoms with E-state index in [4.69, 9.17) is 0 Å². The zero-order valence-corrected chi connectivity index (χ0v) is 14.1. The first-order valence-electron chi connectivity index (χ1n) is 7.72. The molecule has 1 aliphatic heterocycles. The van der Waals surface area contributed by atoms with E-state index >= 15 is 0 Å². The fraction of sp³-hybridized carbons (Fsp3) is 0.235. The Kier molecular flexibility index (Phi) is 4.54. The molecule has 1 amide bonds. The molecule has 1 saturated heterocycles. The number of carbonyl (C=O) groups excluding carboxylic acids is 1.